The number of aryl methyl sites for hydroxylation is 2. The van der Waals surface area contributed by atoms with Crippen LogP contribution in [0.1, 0.15) is 46.0 Å². The third-order valence-corrected chi connectivity index (χ3v) is 3.74. The second kappa shape index (κ2) is 7.23. The Morgan fingerprint density at radius 2 is 1.77 bits per heavy atom. The Hall–Kier alpha value is -2.76. The molecule has 0 saturated heterocycles. The van der Waals surface area contributed by atoms with Crippen molar-refractivity contribution in [1.82, 2.24) is 19.5 Å². The molecular weight excluding hydrogens is 326 g/mol. The van der Waals surface area contributed by atoms with E-state index in [9.17, 15) is 4.79 Å². The van der Waals surface area contributed by atoms with Gasteiger partial charge in [0.2, 0.25) is 11.9 Å². The Morgan fingerprint density at radius 1 is 1.08 bits per heavy atom. The van der Waals surface area contributed by atoms with E-state index in [0.29, 0.717) is 18.0 Å². The number of carbonyl (C=O) groups is 1. The highest BCUT2D eigenvalue weighted by Crippen LogP contribution is 2.25. The molecule has 0 aliphatic carbocycles. The molecule has 0 aliphatic rings. The first kappa shape index (κ1) is 19.6. The lowest BCUT2D eigenvalue weighted by atomic mass is 9.92. The molecule has 0 atom stereocenters. The number of amides is 1. The van der Waals surface area contributed by atoms with Gasteiger partial charge in [-0.15, -0.1) is 0 Å². The maximum Gasteiger partial charge on any atom is 0.227 e. The van der Waals surface area contributed by atoms with Crippen LogP contribution in [0.3, 0.4) is 0 Å². The van der Waals surface area contributed by atoms with Crippen molar-refractivity contribution in [2.75, 3.05) is 5.32 Å². The van der Waals surface area contributed by atoms with Gasteiger partial charge in [-0.2, -0.15) is 0 Å². The first-order valence-electron chi connectivity index (χ1n) is 8.32. The summed E-state index contributed by atoms with van der Waals surface area (Å²) in [5, 5.41) is 2.93. The molecule has 3 aromatic heterocycles. The molecule has 0 fully saturated rings. The normalized spacial score (nSPS) is 11.3. The average molecular weight is 353 g/mol. The van der Waals surface area contributed by atoms with E-state index in [1.807, 2.05) is 63.5 Å². The molecule has 0 unspecified atom stereocenters. The maximum absolute atomic E-state index is 12.4. The predicted octanol–water partition coefficient (Wildman–Crippen LogP) is 4.44. The Bertz CT molecular complexity index is 920. The Morgan fingerprint density at radius 3 is 2.38 bits per heavy atom. The zero-order valence-corrected chi connectivity index (χ0v) is 15.3. The molecule has 0 saturated carbocycles. The number of aromatic nitrogens is 4. The van der Waals surface area contributed by atoms with E-state index in [1.54, 1.807) is 6.20 Å². The van der Waals surface area contributed by atoms with Crippen LogP contribution in [0.25, 0.3) is 16.9 Å². The second-order valence-corrected chi connectivity index (χ2v) is 7.51. The lowest BCUT2D eigenvalue weighted by molar-refractivity contribution is -0.117. The lowest BCUT2D eigenvalue weighted by Crippen LogP contribution is -2.21. The minimum Gasteiger partial charge on any atom is -0.296 e. The average Bonchev–Trinajstić information content (AvgIpc) is 2.83. The molecule has 3 rings (SSSR count). The molecule has 0 bridgehead atoms. The van der Waals surface area contributed by atoms with Crippen molar-refractivity contribution in [1.29, 1.82) is 0 Å². The number of nitrogens with zero attached hydrogens (tertiary/aromatic N) is 4. The van der Waals surface area contributed by atoms with Crippen molar-refractivity contribution < 1.29 is 4.79 Å². The summed E-state index contributed by atoms with van der Waals surface area (Å²) in [4.78, 5) is 25.9. The number of anilines is 1. The first-order valence-corrected chi connectivity index (χ1v) is 8.32. The highest BCUT2D eigenvalue weighted by molar-refractivity contribution is 5.92. The van der Waals surface area contributed by atoms with Crippen molar-refractivity contribution in [3.05, 3.63) is 41.9 Å². The third-order valence-electron chi connectivity index (χ3n) is 3.74. The van der Waals surface area contributed by atoms with Crippen LogP contribution in [-0.2, 0) is 4.79 Å². The fourth-order valence-corrected chi connectivity index (χ4v) is 2.62. The quantitative estimate of drug-likeness (QED) is 0.755. The van der Waals surface area contributed by atoms with Gasteiger partial charge in [-0.3, -0.25) is 19.7 Å². The van der Waals surface area contributed by atoms with Crippen molar-refractivity contribution in [3.8, 4) is 5.69 Å². The van der Waals surface area contributed by atoms with E-state index in [0.717, 1.165) is 22.6 Å². The maximum atomic E-state index is 12.4. The summed E-state index contributed by atoms with van der Waals surface area (Å²) in [5.41, 5.74) is 3.98. The van der Waals surface area contributed by atoms with Gasteiger partial charge < -0.3 is 0 Å². The van der Waals surface area contributed by atoms with E-state index in [1.165, 1.54) is 0 Å². The number of hydrogen-bond acceptors (Lipinski definition) is 4. The van der Waals surface area contributed by atoms with Crippen molar-refractivity contribution in [3.63, 3.8) is 0 Å². The van der Waals surface area contributed by atoms with Crippen LogP contribution >= 0.6 is 0 Å². The summed E-state index contributed by atoms with van der Waals surface area (Å²) < 4.78 is 1.84. The molecule has 3 aromatic rings. The topological polar surface area (TPSA) is 72.7 Å². The Labute approximate surface area is 154 Å². The van der Waals surface area contributed by atoms with Crippen LogP contribution in [0.15, 0.2) is 30.5 Å². The number of imidazole rings is 1. The van der Waals surface area contributed by atoms with Crippen molar-refractivity contribution >= 4 is 23.0 Å². The Balaban J connectivity index is 0.00000243. The van der Waals surface area contributed by atoms with E-state index in [4.69, 9.17) is 0 Å². The van der Waals surface area contributed by atoms with Gasteiger partial charge in [-0.05, 0) is 43.5 Å². The van der Waals surface area contributed by atoms with Gasteiger partial charge in [-0.25, -0.2) is 9.97 Å². The number of hydrogen-bond donors (Lipinski definition) is 1. The number of rotatable bonds is 3. The molecular formula is C20H27N5O. The monoisotopic (exact) mass is 353 g/mol. The molecule has 6 nitrogen and oxygen atoms in total. The minimum atomic E-state index is -0.0961. The lowest BCUT2D eigenvalue weighted by Gasteiger charge is -2.17. The summed E-state index contributed by atoms with van der Waals surface area (Å²) in [5.74, 6) is 0.397. The fourth-order valence-electron chi connectivity index (χ4n) is 2.62. The molecule has 138 valence electrons. The molecule has 26 heavy (non-hydrogen) atoms. The Kier molecular flexibility index (Phi) is 5.44. The van der Waals surface area contributed by atoms with Gasteiger partial charge in [0.1, 0.15) is 5.52 Å². The van der Waals surface area contributed by atoms with Gasteiger partial charge in [0.05, 0.1) is 11.9 Å². The highest BCUT2D eigenvalue weighted by Gasteiger charge is 2.20. The van der Waals surface area contributed by atoms with Crippen LogP contribution in [0, 0.1) is 19.3 Å². The van der Waals surface area contributed by atoms with Crippen LogP contribution in [-0.4, -0.2) is 25.4 Å². The summed E-state index contributed by atoms with van der Waals surface area (Å²) in [6, 6.07) is 7.70. The number of carbonyl (C=O) groups excluding carboxylic acids is 1. The number of fused-ring (bicyclic) bond motifs is 1. The third kappa shape index (κ3) is 4.25. The summed E-state index contributed by atoms with van der Waals surface area (Å²) in [7, 11) is 0. The molecule has 0 aromatic carbocycles. The van der Waals surface area contributed by atoms with E-state index >= 15 is 0 Å². The zero-order valence-electron chi connectivity index (χ0n) is 15.3. The molecule has 1 N–H and O–H groups in total. The molecule has 6 heteroatoms. The van der Waals surface area contributed by atoms with Crippen LogP contribution in [0.4, 0.5) is 5.95 Å². The largest absolute Gasteiger partial charge is 0.296 e. The number of pyridine rings is 2. The van der Waals surface area contributed by atoms with E-state index in [2.05, 4.69) is 20.3 Å². The van der Waals surface area contributed by atoms with Crippen LogP contribution in [0.5, 0.6) is 0 Å². The SMILES string of the molecule is C.Cc1ccc(-n2c(NC(=O)CC(C)(C)C)nc3ccc(C)nc32)cn1. The van der Waals surface area contributed by atoms with Gasteiger partial charge in [0.25, 0.3) is 0 Å². The van der Waals surface area contributed by atoms with Gasteiger partial charge >= 0.3 is 0 Å². The fraction of sp³-hybridized carbons (Fsp3) is 0.400. The van der Waals surface area contributed by atoms with Gasteiger partial charge in [-0.1, -0.05) is 28.2 Å². The predicted molar refractivity (Wildman–Crippen MR) is 106 cm³/mol. The molecule has 0 radical (unpaired) electrons. The molecule has 1 amide bonds. The standard InChI is InChI=1S/C19H23N5O.CH4/c1-12-6-8-14(11-20-12)24-17-15(9-7-13(2)21-17)22-18(24)23-16(25)10-19(3,4)5;/h6-9,11H,10H2,1-5H3,(H,22,23,25);1H4. The second-order valence-electron chi connectivity index (χ2n) is 7.51. The molecule has 3 heterocycles. The van der Waals surface area contributed by atoms with Crippen molar-refractivity contribution in [2.24, 2.45) is 5.41 Å². The zero-order chi connectivity index (χ0) is 18.2. The minimum absolute atomic E-state index is 0. The van der Waals surface area contributed by atoms with Gasteiger partial charge in [0.15, 0.2) is 5.65 Å². The first-order chi connectivity index (χ1) is 11.7. The van der Waals surface area contributed by atoms with E-state index < -0.39 is 0 Å². The van der Waals surface area contributed by atoms with Gasteiger partial charge in [0, 0.05) is 17.8 Å². The van der Waals surface area contributed by atoms with Crippen LogP contribution in [0.2, 0.25) is 0 Å². The smallest absolute Gasteiger partial charge is 0.227 e. The van der Waals surface area contributed by atoms with Crippen LogP contribution < -0.4 is 5.32 Å². The highest BCUT2D eigenvalue weighted by atomic mass is 16.1. The number of nitrogens with one attached hydrogen (secondary N) is 1. The van der Waals surface area contributed by atoms with E-state index in [-0.39, 0.29) is 18.7 Å². The summed E-state index contributed by atoms with van der Waals surface area (Å²) >= 11 is 0. The summed E-state index contributed by atoms with van der Waals surface area (Å²) in [6.07, 6.45) is 2.18. The summed E-state index contributed by atoms with van der Waals surface area (Å²) in [6.45, 7) is 9.96. The molecule has 0 aliphatic heterocycles. The molecule has 0 spiro atoms. The van der Waals surface area contributed by atoms with Crippen molar-refractivity contribution in [2.45, 2.75) is 48.5 Å².